The molecule has 0 saturated heterocycles. The highest BCUT2D eigenvalue weighted by molar-refractivity contribution is 5.78. The predicted octanol–water partition coefficient (Wildman–Crippen LogP) is 2.84. The molecule has 0 aromatic heterocycles. The van der Waals surface area contributed by atoms with E-state index in [-0.39, 0.29) is 5.91 Å². The van der Waals surface area contributed by atoms with E-state index in [1.807, 2.05) is 0 Å². The SMILES string of the molecule is CC(C)C(C)c1ccc(CC(=O)NCCCCN)cc1. The predicted molar refractivity (Wildman–Crippen MR) is 84.7 cm³/mol. The first-order chi connectivity index (χ1) is 9.54. The van der Waals surface area contributed by atoms with Crippen molar-refractivity contribution in [2.24, 2.45) is 11.7 Å². The second kappa shape index (κ2) is 8.75. The maximum Gasteiger partial charge on any atom is 0.224 e. The topological polar surface area (TPSA) is 55.1 Å². The molecular weight excluding hydrogens is 248 g/mol. The van der Waals surface area contributed by atoms with Crippen molar-refractivity contribution >= 4 is 5.91 Å². The summed E-state index contributed by atoms with van der Waals surface area (Å²) < 4.78 is 0. The zero-order chi connectivity index (χ0) is 15.0. The van der Waals surface area contributed by atoms with E-state index in [0.717, 1.165) is 24.9 Å². The van der Waals surface area contributed by atoms with Crippen molar-refractivity contribution in [1.82, 2.24) is 5.32 Å². The molecule has 0 aliphatic rings. The normalized spacial score (nSPS) is 12.4. The van der Waals surface area contributed by atoms with Gasteiger partial charge in [0.25, 0.3) is 0 Å². The van der Waals surface area contributed by atoms with E-state index >= 15 is 0 Å². The van der Waals surface area contributed by atoms with Crippen LogP contribution in [0, 0.1) is 5.92 Å². The van der Waals surface area contributed by atoms with Crippen LogP contribution in [0.3, 0.4) is 0 Å². The molecular formula is C17H28N2O. The Morgan fingerprint density at radius 2 is 1.80 bits per heavy atom. The Bertz CT molecular complexity index is 398. The summed E-state index contributed by atoms with van der Waals surface area (Å²) >= 11 is 0. The van der Waals surface area contributed by atoms with E-state index in [1.54, 1.807) is 0 Å². The fourth-order valence-corrected chi connectivity index (χ4v) is 2.07. The van der Waals surface area contributed by atoms with Crippen molar-refractivity contribution in [1.29, 1.82) is 0 Å². The number of nitrogens with two attached hydrogens (primary N) is 1. The van der Waals surface area contributed by atoms with Crippen molar-refractivity contribution in [3.05, 3.63) is 35.4 Å². The van der Waals surface area contributed by atoms with Gasteiger partial charge in [-0.05, 0) is 42.3 Å². The largest absolute Gasteiger partial charge is 0.356 e. The van der Waals surface area contributed by atoms with E-state index in [2.05, 4.69) is 50.4 Å². The molecule has 0 heterocycles. The second-order valence-electron chi connectivity index (χ2n) is 5.80. The number of rotatable bonds is 8. The molecule has 20 heavy (non-hydrogen) atoms. The summed E-state index contributed by atoms with van der Waals surface area (Å²) in [4.78, 5) is 11.8. The highest BCUT2D eigenvalue weighted by Gasteiger charge is 2.10. The lowest BCUT2D eigenvalue weighted by Crippen LogP contribution is -2.26. The van der Waals surface area contributed by atoms with Crippen LogP contribution >= 0.6 is 0 Å². The van der Waals surface area contributed by atoms with Crippen molar-refractivity contribution in [2.75, 3.05) is 13.1 Å². The van der Waals surface area contributed by atoms with Gasteiger partial charge < -0.3 is 11.1 Å². The van der Waals surface area contributed by atoms with Crippen LogP contribution in [0.4, 0.5) is 0 Å². The Kier molecular flexibility index (Phi) is 7.31. The highest BCUT2D eigenvalue weighted by Crippen LogP contribution is 2.23. The van der Waals surface area contributed by atoms with Crippen LogP contribution < -0.4 is 11.1 Å². The number of benzene rings is 1. The van der Waals surface area contributed by atoms with E-state index in [4.69, 9.17) is 5.73 Å². The monoisotopic (exact) mass is 276 g/mol. The summed E-state index contributed by atoms with van der Waals surface area (Å²) in [7, 11) is 0. The van der Waals surface area contributed by atoms with Gasteiger partial charge in [0.15, 0.2) is 0 Å². The number of hydrogen-bond acceptors (Lipinski definition) is 2. The zero-order valence-electron chi connectivity index (χ0n) is 13.0. The first-order valence-corrected chi connectivity index (χ1v) is 7.60. The summed E-state index contributed by atoms with van der Waals surface area (Å²) in [6.07, 6.45) is 2.37. The third-order valence-corrected chi connectivity index (χ3v) is 3.82. The van der Waals surface area contributed by atoms with Crippen LogP contribution in [-0.2, 0) is 11.2 Å². The molecule has 1 aromatic carbocycles. The van der Waals surface area contributed by atoms with Crippen LogP contribution in [0.5, 0.6) is 0 Å². The quantitative estimate of drug-likeness (QED) is 0.717. The van der Waals surface area contributed by atoms with Crippen molar-refractivity contribution in [2.45, 2.75) is 46.0 Å². The lowest BCUT2D eigenvalue weighted by molar-refractivity contribution is -0.120. The third kappa shape index (κ3) is 5.74. The Balaban J connectivity index is 2.43. The number of unbranched alkanes of at least 4 members (excludes halogenated alkanes) is 1. The number of carbonyl (C=O) groups is 1. The summed E-state index contributed by atoms with van der Waals surface area (Å²) in [6.45, 7) is 8.11. The number of carbonyl (C=O) groups excluding carboxylic acids is 1. The Hall–Kier alpha value is -1.35. The molecule has 112 valence electrons. The number of nitrogens with one attached hydrogen (secondary N) is 1. The molecule has 0 fully saturated rings. The van der Waals surface area contributed by atoms with E-state index in [1.165, 1.54) is 5.56 Å². The molecule has 0 spiro atoms. The van der Waals surface area contributed by atoms with Gasteiger partial charge in [0, 0.05) is 6.54 Å². The molecule has 0 radical (unpaired) electrons. The minimum Gasteiger partial charge on any atom is -0.356 e. The molecule has 1 rings (SSSR count). The standard InChI is InChI=1S/C17H28N2O/c1-13(2)14(3)16-8-6-15(7-9-16)12-17(20)19-11-5-4-10-18/h6-9,13-14H,4-5,10-12,18H2,1-3H3,(H,19,20). The van der Waals surface area contributed by atoms with Crippen molar-refractivity contribution < 1.29 is 4.79 Å². The van der Waals surface area contributed by atoms with Gasteiger partial charge in [-0.1, -0.05) is 45.0 Å². The summed E-state index contributed by atoms with van der Waals surface area (Å²) in [5, 5.41) is 2.93. The van der Waals surface area contributed by atoms with Gasteiger partial charge in [-0.3, -0.25) is 4.79 Å². The van der Waals surface area contributed by atoms with Gasteiger partial charge in [-0.2, -0.15) is 0 Å². The zero-order valence-corrected chi connectivity index (χ0v) is 13.0. The van der Waals surface area contributed by atoms with Crippen LogP contribution in [0.25, 0.3) is 0 Å². The summed E-state index contributed by atoms with van der Waals surface area (Å²) in [5.41, 5.74) is 7.83. The molecule has 0 aliphatic heterocycles. The fourth-order valence-electron chi connectivity index (χ4n) is 2.07. The number of amides is 1. The smallest absolute Gasteiger partial charge is 0.224 e. The van der Waals surface area contributed by atoms with E-state index < -0.39 is 0 Å². The first kappa shape index (κ1) is 16.7. The van der Waals surface area contributed by atoms with E-state index in [0.29, 0.717) is 24.8 Å². The van der Waals surface area contributed by atoms with Gasteiger partial charge in [-0.25, -0.2) is 0 Å². The first-order valence-electron chi connectivity index (χ1n) is 7.60. The molecule has 0 saturated carbocycles. The molecule has 3 nitrogen and oxygen atoms in total. The third-order valence-electron chi connectivity index (χ3n) is 3.82. The van der Waals surface area contributed by atoms with Crippen LogP contribution in [-0.4, -0.2) is 19.0 Å². The number of hydrogen-bond donors (Lipinski definition) is 2. The van der Waals surface area contributed by atoms with Crippen molar-refractivity contribution in [3.63, 3.8) is 0 Å². The van der Waals surface area contributed by atoms with Gasteiger partial charge in [0.05, 0.1) is 6.42 Å². The average Bonchev–Trinajstić information content (AvgIpc) is 2.43. The van der Waals surface area contributed by atoms with Crippen molar-refractivity contribution in [3.8, 4) is 0 Å². The van der Waals surface area contributed by atoms with Crippen LogP contribution in [0.2, 0.25) is 0 Å². The lowest BCUT2D eigenvalue weighted by Gasteiger charge is -2.16. The maximum absolute atomic E-state index is 11.8. The minimum atomic E-state index is 0.0895. The Morgan fingerprint density at radius 1 is 1.15 bits per heavy atom. The molecule has 1 atom stereocenters. The summed E-state index contributed by atoms with van der Waals surface area (Å²) in [5.74, 6) is 1.27. The Morgan fingerprint density at radius 3 is 2.35 bits per heavy atom. The van der Waals surface area contributed by atoms with Crippen LogP contribution in [0.1, 0.15) is 50.7 Å². The van der Waals surface area contributed by atoms with Crippen LogP contribution in [0.15, 0.2) is 24.3 Å². The minimum absolute atomic E-state index is 0.0895. The molecule has 1 amide bonds. The van der Waals surface area contributed by atoms with Gasteiger partial charge in [0.2, 0.25) is 5.91 Å². The second-order valence-corrected chi connectivity index (χ2v) is 5.80. The maximum atomic E-state index is 11.8. The lowest BCUT2D eigenvalue weighted by atomic mass is 9.90. The molecule has 0 aliphatic carbocycles. The Labute approximate surface area is 122 Å². The molecule has 3 N–H and O–H groups in total. The molecule has 0 bridgehead atoms. The highest BCUT2D eigenvalue weighted by atomic mass is 16.1. The van der Waals surface area contributed by atoms with Gasteiger partial charge in [-0.15, -0.1) is 0 Å². The fraction of sp³-hybridized carbons (Fsp3) is 0.588. The molecule has 3 heteroatoms. The summed E-state index contributed by atoms with van der Waals surface area (Å²) in [6, 6.07) is 8.41. The molecule has 1 unspecified atom stereocenters. The van der Waals surface area contributed by atoms with Gasteiger partial charge >= 0.3 is 0 Å². The average molecular weight is 276 g/mol. The van der Waals surface area contributed by atoms with E-state index in [9.17, 15) is 4.79 Å². The molecule has 1 aromatic rings. The van der Waals surface area contributed by atoms with Gasteiger partial charge in [0.1, 0.15) is 0 Å².